The van der Waals surface area contributed by atoms with E-state index in [1.165, 1.54) is 9.13 Å². The summed E-state index contributed by atoms with van der Waals surface area (Å²) < 4.78 is 6.27. The van der Waals surface area contributed by atoms with Crippen LogP contribution in [0.4, 0.5) is 0 Å². The average molecular weight is 747 g/mol. The number of benzene rings is 3. The summed E-state index contributed by atoms with van der Waals surface area (Å²) >= 11 is 0. The molecule has 1 fully saturated rings. The van der Waals surface area contributed by atoms with Crippen molar-refractivity contribution in [2.24, 2.45) is 21.1 Å². The maximum absolute atomic E-state index is 13.0. The number of hydrogen-bond donors (Lipinski definition) is 2. The van der Waals surface area contributed by atoms with E-state index in [9.17, 15) is 24.0 Å². The normalized spacial score (nSPS) is 14.4. The standard InChI is InChI=1S/C43H38N8O5/c1-24(2)30-19-28(21-37-39(30)50(5)42(55)49(37)4)29-10-6-9-26-20-33(46-23-31(26)29)27-12-13-32(45-22-27)40(53)44-17-7-8-25-11-14-34-36(18-25)48(3)43(56)51(34)35-15-16-38(52)47-41(35)54/h6,9-14,18-24,35H,15-17H2,1-5H3,(H,44,53)(H,47,52,54). The van der Waals surface area contributed by atoms with E-state index in [2.05, 4.69) is 59.5 Å². The van der Waals surface area contributed by atoms with E-state index < -0.39 is 11.9 Å². The monoisotopic (exact) mass is 746 g/mol. The molecule has 0 radical (unpaired) electrons. The SMILES string of the molecule is CC(C)c1cc(-c2cccc3cc(-c4ccc(C(=O)NCC#Cc5ccc6c(c5)n(C)c(=O)n6C5CCC(=O)NC5=O)nc4)ncc23)cc2c1n(C)c(=O)n2C. The van der Waals surface area contributed by atoms with Gasteiger partial charge in [-0.05, 0) is 82.9 Å². The number of imidazole rings is 2. The van der Waals surface area contributed by atoms with Crippen LogP contribution >= 0.6 is 0 Å². The predicted octanol–water partition coefficient (Wildman–Crippen LogP) is 4.69. The summed E-state index contributed by atoms with van der Waals surface area (Å²) in [7, 11) is 5.24. The van der Waals surface area contributed by atoms with Crippen LogP contribution in [0.3, 0.4) is 0 Å². The highest BCUT2D eigenvalue weighted by Crippen LogP contribution is 2.35. The van der Waals surface area contributed by atoms with Crippen molar-refractivity contribution in [3.63, 3.8) is 0 Å². The molecule has 8 rings (SSSR count). The third kappa shape index (κ3) is 6.14. The summed E-state index contributed by atoms with van der Waals surface area (Å²) in [6, 6.07) is 20.3. The number of imide groups is 1. The Hall–Kier alpha value is -7.07. The summed E-state index contributed by atoms with van der Waals surface area (Å²) in [6.45, 7) is 4.33. The highest BCUT2D eigenvalue weighted by molar-refractivity contribution is 6.01. The van der Waals surface area contributed by atoms with Gasteiger partial charge in [0.25, 0.3) is 5.91 Å². The number of aromatic nitrogens is 6. The van der Waals surface area contributed by atoms with E-state index in [-0.39, 0.29) is 54.2 Å². The smallest absolute Gasteiger partial charge is 0.329 e. The molecule has 5 heterocycles. The maximum Gasteiger partial charge on any atom is 0.329 e. The van der Waals surface area contributed by atoms with Crippen molar-refractivity contribution in [1.82, 2.24) is 38.9 Å². The van der Waals surface area contributed by atoms with Crippen LogP contribution in [0.2, 0.25) is 0 Å². The van der Waals surface area contributed by atoms with Gasteiger partial charge in [0, 0.05) is 56.5 Å². The van der Waals surface area contributed by atoms with E-state index in [1.807, 2.05) is 37.5 Å². The van der Waals surface area contributed by atoms with Gasteiger partial charge in [-0.15, -0.1) is 0 Å². The van der Waals surface area contributed by atoms with Crippen molar-refractivity contribution in [3.05, 3.63) is 117 Å². The Labute approximate surface area is 320 Å². The van der Waals surface area contributed by atoms with E-state index in [0.29, 0.717) is 22.3 Å². The second-order valence-corrected chi connectivity index (χ2v) is 14.4. The molecule has 3 amide bonds. The van der Waals surface area contributed by atoms with E-state index in [4.69, 9.17) is 4.98 Å². The Morgan fingerprint density at radius 3 is 2.41 bits per heavy atom. The zero-order chi connectivity index (χ0) is 39.4. The summed E-state index contributed by atoms with van der Waals surface area (Å²) in [5, 5.41) is 7.06. The second kappa shape index (κ2) is 14.0. The van der Waals surface area contributed by atoms with Crippen LogP contribution in [0.25, 0.3) is 55.2 Å². The molecule has 4 aromatic heterocycles. The molecule has 0 spiro atoms. The van der Waals surface area contributed by atoms with Gasteiger partial charge in [0.05, 0.1) is 34.3 Å². The molecular weight excluding hydrogens is 709 g/mol. The number of carbonyl (C=O) groups is 3. The molecule has 13 heteroatoms. The van der Waals surface area contributed by atoms with Gasteiger partial charge in [-0.3, -0.25) is 47.9 Å². The Kier molecular flexibility index (Phi) is 8.96. The number of nitrogens with zero attached hydrogens (tertiary/aromatic N) is 6. The quantitative estimate of drug-likeness (QED) is 0.185. The molecule has 0 saturated carbocycles. The molecule has 1 aliphatic heterocycles. The van der Waals surface area contributed by atoms with Crippen molar-refractivity contribution < 1.29 is 14.4 Å². The minimum atomic E-state index is -0.767. The van der Waals surface area contributed by atoms with Crippen LogP contribution in [0.5, 0.6) is 0 Å². The van der Waals surface area contributed by atoms with Gasteiger partial charge in [0.2, 0.25) is 11.8 Å². The number of aryl methyl sites for hydroxylation is 3. The first-order chi connectivity index (χ1) is 26.9. The van der Waals surface area contributed by atoms with Crippen molar-refractivity contribution >= 4 is 50.6 Å². The third-order valence-electron chi connectivity index (χ3n) is 10.6. The van der Waals surface area contributed by atoms with E-state index in [1.54, 1.807) is 53.7 Å². The lowest BCUT2D eigenvalue weighted by atomic mass is 9.93. The van der Waals surface area contributed by atoms with Gasteiger partial charge in [-0.25, -0.2) is 9.59 Å². The largest absolute Gasteiger partial charge is 0.340 e. The molecule has 1 saturated heterocycles. The maximum atomic E-state index is 13.0. The highest BCUT2D eigenvalue weighted by atomic mass is 16.2. The number of nitrogens with one attached hydrogen (secondary N) is 2. The number of rotatable bonds is 6. The summed E-state index contributed by atoms with van der Waals surface area (Å²) in [5.41, 5.74) is 8.05. The minimum Gasteiger partial charge on any atom is -0.340 e. The number of amides is 3. The Balaban J connectivity index is 0.968. The van der Waals surface area contributed by atoms with Crippen LogP contribution in [0.1, 0.15) is 60.3 Å². The lowest BCUT2D eigenvalue weighted by Gasteiger charge is -2.21. The van der Waals surface area contributed by atoms with Crippen molar-refractivity contribution in [3.8, 4) is 34.2 Å². The van der Waals surface area contributed by atoms with Gasteiger partial charge >= 0.3 is 11.4 Å². The molecule has 0 aliphatic carbocycles. The first-order valence-electron chi connectivity index (χ1n) is 18.3. The lowest BCUT2D eigenvalue weighted by molar-refractivity contribution is -0.135. The second-order valence-electron chi connectivity index (χ2n) is 14.4. The van der Waals surface area contributed by atoms with Crippen LogP contribution in [0, 0.1) is 11.8 Å². The molecule has 280 valence electrons. The Bertz CT molecular complexity index is 2970. The van der Waals surface area contributed by atoms with E-state index in [0.717, 1.165) is 44.1 Å². The molecule has 2 N–H and O–H groups in total. The van der Waals surface area contributed by atoms with Gasteiger partial charge in [-0.2, -0.15) is 0 Å². The first-order valence-corrected chi connectivity index (χ1v) is 18.3. The zero-order valence-electron chi connectivity index (χ0n) is 31.5. The van der Waals surface area contributed by atoms with Crippen molar-refractivity contribution in [2.75, 3.05) is 6.54 Å². The predicted molar refractivity (Wildman–Crippen MR) is 214 cm³/mol. The van der Waals surface area contributed by atoms with Gasteiger partial charge in [-0.1, -0.05) is 43.9 Å². The molecule has 1 atom stereocenters. The van der Waals surface area contributed by atoms with Crippen LogP contribution in [0.15, 0.2) is 88.7 Å². The number of pyridine rings is 2. The van der Waals surface area contributed by atoms with Gasteiger partial charge < -0.3 is 5.32 Å². The topological polar surface area (TPSA) is 155 Å². The zero-order valence-corrected chi connectivity index (χ0v) is 31.5. The van der Waals surface area contributed by atoms with Crippen LogP contribution < -0.4 is 22.0 Å². The minimum absolute atomic E-state index is 0.0579. The summed E-state index contributed by atoms with van der Waals surface area (Å²) in [6.07, 6.45) is 3.89. The molecule has 13 nitrogen and oxygen atoms in total. The number of hydrogen-bond acceptors (Lipinski definition) is 7. The summed E-state index contributed by atoms with van der Waals surface area (Å²) in [4.78, 5) is 72.1. The lowest BCUT2D eigenvalue weighted by Crippen LogP contribution is -2.44. The fraction of sp³-hybridized carbons (Fsp3) is 0.233. The average Bonchev–Trinajstić information content (AvgIpc) is 3.57. The molecule has 0 bridgehead atoms. The number of piperidine rings is 1. The molecule has 3 aromatic carbocycles. The number of carbonyl (C=O) groups excluding carboxylic acids is 3. The molecule has 7 aromatic rings. The Morgan fingerprint density at radius 2 is 1.66 bits per heavy atom. The fourth-order valence-electron chi connectivity index (χ4n) is 7.57. The summed E-state index contributed by atoms with van der Waals surface area (Å²) in [5.74, 6) is 4.96. The van der Waals surface area contributed by atoms with Gasteiger partial charge in [0.1, 0.15) is 11.7 Å². The Morgan fingerprint density at radius 1 is 0.857 bits per heavy atom. The molecule has 1 aliphatic rings. The van der Waals surface area contributed by atoms with Crippen LogP contribution in [-0.4, -0.2) is 52.5 Å². The fourth-order valence-corrected chi connectivity index (χ4v) is 7.57. The molecule has 1 unspecified atom stereocenters. The highest BCUT2D eigenvalue weighted by Gasteiger charge is 2.31. The van der Waals surface area contributed by atoms with Crippen molar-refractivity contribution in [1.29, 1.82) is 0 Å². The number of fused-ring (bicyclic) bond motifs is 3. The van der Waals surface area contributed by atoms with Gasteiger partial charge in [0.15, 0.2) is 0 Å². The van der Waals surface area contributed by atoms with Crippen molar-refractivity contribution in [2.45, 2.75) is 38.6 Å². The molecule has 56 heavy (non-hydrogen) atoms. The third-order valence-corrected chi connectivity index (χ3v) is 10.6. The van der Waals surface area contributed by atoms with E-state index >= 15 is 0 Å². The van der Waals surface area contributed by atoms with Crippen LogP contribution in [-0.2, 0) is 30.7 Å². The first kappa shape index (κ1) is 35.9. The molecular formula is C43H38N8O5.